The number of amides is 4. The summed E-state index contributed by atoms with van der Waals surface area (Å²) in [5.41, 5.74) is -3.16. The van der Waals surface area contributed by atoms with Gasteiger partial charge in [0.2, 0.25) is 0 Å². The van der Waals surface area contributed by atoms with Crippen molar-refractivity contribution in [3.63, 3.8) is 0 Å². The Morgan fingerprint density at radius 3 is 1.53 bits per heavy atom. The molecule has 0 spiro atoms. The van der Waals surface area contributed by atoms with Crippen molar-refractivity contribution in [2.75, 3.05) is 26.8 Å². The molecule has 198 valence electrons. The van der Waals surface area contributed by atoms with Crippen LogP contribution >= 0.6 is 0 Å². The van der Waals surface area contributed by atoms with Crippen LogP contribution in [0, 0.1) is 0 Å². The van der Waals surface area contributed by atoms with Crippen molar-refractivity contribution in [2.45, 2.75) is 117 Å². The standard InChI is InChI=1S/C24H46N4O6/c1-20(2,3)31-13-24-17(25-18(29)27(24)15-33-22(7,8)9)26(14-32-21(4,5)6)19(30)28(24)16-34-23(10,11)12/h17H,13-16H2,1-12H3,(H,25,29). The highest BCUT2D eigenvalue weighted by atomic mass is 16.5. The molecule has 4 amide bonds. The van der Waals surface area contributed by atoms with Crippen molar-refractivity contribution in [1.82, 2.24) is 20.0 Å². The Morgan fingerprint density at radius 1 is 0.676 bits per heavy atom. The second-order valence-electron chi connectivity index (χ2n) is 12.9. The normalized spacial score (nSPS) is 24.2. The maximum atomic E-state index is 13.8. The monoisotopic (exact) mass is 486 g/mol. The van der Waals surface area contributed by atoms with E-state index in [2.05, 4.69) is 5.32 Å². The zero-order valence-corrected chi connectivity index (χ0v) is 23.2. The van der Waals surface area contributed by atoms with Crippen molar-refractivity contribution in [3.05, 3.63) is 0 Å². The minimum Gasteiger partial charge on any atom is -0.371 e. The van der Waals surface area contributed by atoms with E-state index in [1.54, 1.807) is 4.90 Å². The van der Waals surface area contributed by atoms with Gasteiger partial charge in [-0.1, -0.05) is 0 Å². The number of ether oxygens (including phenoxy) is 4. The Labute approximate surface area is 205 Å². The van der Waals surface area contributed by atoms with Crippen molar-refractivity contribution in [3.8, 4) is 0 Å². The molecule has 2 saturated heterocycles. The van der Waals surface area contributed by atoms with Crippen LogP contribution in [0.3, 0.4) is 0 Å². The van der Waals surface area contributed by atoms with Gasteiger partial charge in [-0.05, 0) is 83.1 Å². The molecule has 0 aromatic heterocycles. The van der Waals surface area contributed by atoms with Crippen LogP contribution in [0.2, 0.25) is 0 Å². The third kappa shape index (κ3) is 6.96. The summed E-state index contributed by atoms with van der Waals surface area (Å²) < 4.78 is 24.2. The highest BCUT2D eigenvalue weighted by Crippen LogP contribution is 2.41. The highest BCUT2D eigenvalue weighted by molar-refractivity contribution is 5.86. The first-order valence-corrected chi connectivity index (χ1v) is 11.9. The Kier molecular flexibility index (Phi) is 7.95. The van der Waals surface area contributed by atoms with Gasteiger partial charge in [0.25, 0.3) is 0 Å². The quantitative estimate of drug-likeness (QED) is 0.559. The minimum atomic E-state index is -1.20. The molecule has 0 radical (unpaired) electrons. The number of carbonyl (C=O) groups is 2. The first-order valence-electron chi connectivity index (χ1n) is 11.9. The van der Waals surface area contributed by atoms with Crippen molar-refractivity contribution in [2.24, 2.45) is 0 Å². The summed E-state index contributed by atoms with van der Waals surface area (Å²) in [7, 11) is 0. The molecular formula is C24H46N4O6. The fraction of sp³-hybridized carbons (Fsp3) is 0.917. The molecule has 0 aromatic rings. The van der Waals surface area contributed by atoms with Crippen LogP contribution in [0.5, 0.6) is 0 Å². The molecular weight excluding hydrogens is 440 g/mol. The van der Waals surface area contributed by atoms with Gasteiger partial charge in [-0.15, -0.1) is 0 Å². The number of urea groups is 2. The van der Waals surface area contributed by atoms with Crippen LogP contribution in [-0.4, -0.2) is 87.8 Å². The average molecular weight is 487 g/mol. The Balaban J connectivity index is 2.55. The molecule has 0 bridgehead atoms. The molecule has 2 aliphatic rings. The fourth-order valence-electron chi connectivity index (χ4n) is 3.49. The van der Waals surface area contributed by atoms with E-state index in [9.17, 15) is 9.59 Å². The molecule has 2 unspecified atom stereocenters. The van der Waals surface area contributed by atoms with Crippen molar-refractivity contribution in [1.29, 1.82) is 0 Å². The van der Waals surface area contributed by atoms with Gasteiger partial charge < -0.3 is 24.3 Å². The molecule has 2 rings (SSSR count). The summed E-state index contributed by atoms with van der Waals surface area (Å²) in [6, 6.07) is -0.655. The molecule has 34 heavy (non-hydrogen) atoms. The van der Waals surface area contributed by atoms with Crippen molar-refractivity contribution >= 4 is 12.1 Å². The lowest BCUT2D eigenvalue weighted by Crippen LogP contribution is -2.65. The van der Waals surface area contributed by atoms with Gasteiger partial charge >= 0.3 is 12.1 Å². The van der Waals surface area contributed by atoms with Crippen LogP contribution in [0.4, 0.5) is 9.59 Å². The molecule has 2 heterocycles. The second-order valence-corrected chi connectivity index (χ2v) is 12.9. The number of hydrogen-bond acceptors (Lipinski definition) is 6. The van der Waals surface area contributed by atoms with Gasteiger partial charge in [0, 0.05) is 0 Å². The second kappa shape index (κ2) is 9.44. The maximum absolute atomic E-state index is 13.8. The van der Waals surface area contributed by atoms with Gasteiger partial charge in [0.15, 0.2) is 11.8 Å². The van der Waals surface area contributed by atoms with Gasteiger partial charge in [-0.2, -0.15) is 0 Å². The fourth-order valence-corrected chi connectivity index (χ4v) is 3.49. The predicted molar refractivity (Wildman–Crippen MR) is 129 cm³/mol. The van der Waals surface area contributed by atoms with Gasteiger partial charge in [0.1, 0.15) is 20.2 Å². The van der Waals surface area contributed by atoms with Crippen LogP contribution in [-0.2, 0) is 18.9 Å². The lowest BCUT2D eigenvalue weighted by molar-refractivity contribution is -0.167. The van der Waals surface area contributed by atoms with E-state index in [1.165, 1.54) is 9.80 Å². The zero-order chi connectivity index (χ0) is 26.3. The zero-order valence-electron chi connectivity index (χ0n) is 23.2. The lowest BCUT2D eigenvalue weighted by Gasteiger charge is -2.44. The lowest BCUT2D eigenvalue weighted by atomic mass is 10.1. The van der Waals surface area contributed by atoms with Crippen LogP contribution in [0.25, 0.3) is 0 Å². The van der Waals surface area contributed by atoms with Crippen LogP contribution < -0.4 is 5.32 Å². The topological polar surface area (TPSA) is 92.8 Å². The molecule has 2 fully saturated rings. The summed E-state index contributed by atoms with van der Waals surface area (Å²) in [5, 5.41) is 2.98. The number of rotatable bonds is 8. The van der Waals surface area contributed by atoms with Crippen LogP contribution in [0.15, 0.2) is 0 Å². The predicted octanol–water partition coefficient (Wildman–Crippen LogP) is 3.90. The molecule has 0 saturated carbocycles. The summed E-state index contributed by atoms with van der Waals surface area (Å²) >= 11 is 0. The van der Waals surface area contributed by atoms with Gasteiger partial charge in [-0.3, -0.25) is 14.7 Å². The summed E-state index contributed by atoms with van der Waals surface area (Å²) in [4.78, 5) is 31.6. The van der Waals surface area contributed by atoms with E-state index in [0.717, 1.165) is 0 Å². The third-order valence-corrected chi connectivity index (χ3v) is 5.27. The minimum absolute atomic E-state index is 0.00450. The molecule has 2 aliphatic heterocycles. The smallest absolute Gasteiger partial charge is 0.327 e. The molecule has 10 nitrogen and oxygen atoms in total. The summed E-state index contributed by atoms with van der Waals surface area (Å²) in [5.74, 6) is 0. The first-order chi connectivity index (χ1) is 15.2. The number of nitrogens with one attached hydrogen (secondary N) is 1. The molecule has 2 atom stereocenters. The molecule has 1 N–H and O–H groups in total. The number of nitrogens with zero attached hydrogens (tertiary/aromatic N) is 3. The molecule has 10 heteroatoms. The SMILES string of the molecule is CC(C)(C)OCN1C(=O)N(COC(C)(C)C)C2(COC(C)(C)C)C1NC(=O)N2COC(C)(C)C. The Morgan fingerprint density at radius 2 is 1.09 bits per heavy atom. The number of hydrogen-bond donors (Lipinski definition) is 1. The summed E-state index contributed by atoms with van der Waals surface area (Å²) in [6.07, 6.45) is -0.718. The first kappa shape index (κ1) is 28.6. The average Bonchev–Trinajstić information content (AvgIpc) is 2.99. The Bertz CT molecular complexity index is 747. The molecule has 0 aromatic carbocycles. The van der Waals surface area contributed by atoms with Gasteiger partial charge in [0.05, 0.1) is 29.0 Å². The number of carbonyl (C=O) groups excluding carboxylic acids is 2. The van der Waals surface area contributed by atoms with Gasteiger partial charge in [-0.25, -0.2) is 9.59 Å². The highest BCUT2D eigenvalue weighted by Gasteiger charge is 2.67. The van der Waals surface area contributed by atoms with E-state index in [0.29, 0.717) is 0 Å². The van der Waals surface area contributed by atoms with E-state index in [-0.39, 0.29) is 38.9 Å². The van der Waals surface area contributed by atoms with Crippen LogP contribution in [0.1, 0.15) is 83.1 Å². The van der Waals surface area contributed by atoms with E-state index < -0.39 is 34.2 Å². The van der Waals surface area contributed by atoms with Crippen molar-refractivity contribution < 1.29 is 28.5 Å². The Hall–Kier alpha value is -1.62. The van der Waals surface area contributed by atoms with E-state index in [4.69, 9.17) is 18.9 Å². The van der Waals surface area contributed by atoms with E-state index >= 15 is 0 Å². The third-order valence-electron chi connectivity index (χ3n) is 5.27. The largest absolute Gasteiger partial charge is 0.371 e. The molecule has 0 aliphatic carbocycles. The summed E-state index contributed by atoms with van der Waals surface area (Å²) in [6.45, 7) is 23.1. The van der Waals surface area contributed by atoms with E-state index in [1.807, 2.05) is 83.1 Å². The number of fused-ring (bicyclic) bond motifs is 1. The maximum Gasteiger partial charge on any atom is 0.327 e.